The molecular formula is C18H15ClN2O2. The Morgan fingerprint density at radius 2 is 2.00 bits per heavy atom. The molecule has 4 nitrogen and oxygen atoms in total. The second-order valence-corrected chi connectivity index (χ2v) is 5.48. The van der Waals surface area contributed by atoms with Gasteiger partial charge in [-0.3, -0.25) is 4.79 Å². The van der Waals surface area contributed by atoms with E-state index in [0.29, 0.717) is 23.0 Å². The Bertz CT molecular complexity index is 865. The van der Waals surface area contributed by atoms with Gasteiger partial charge in [-0.05, 0) is 29.8 Å². The zero-order chi connectivity index (χ0) is 16.2. The number of halogens is 1. The zero-order valence-corrected chi connectivity index (χ0v) is 13.3. The molecule has 0 saturated heterocycles. The minimum Gasteiger partial charge on any atom is -0.496 e. The molecule has 116 valence electrons. The summed E-state index contributed by atoms with van der Waals surface area (Å²) in [4.78, 5) is 16.7. The average Bonchev–Trinajstić information content (AvgIpc) is 2.58. The van der Waals surface area contributed by atoms with Crippen LogP contribution < -0.4 is 10.1 Å². The Labute approximate surface area is 139 Å². The van der Waals surface area contributed by atoms with Gasteiger partial charge in [0, 0.05) is 23.0 Å². The first-order chi connectivity index (χ1) is 11.2. The number of benzene rings is 2. The van der Waals surface area contributed by atoms with E-state index in [1.807, 2.05) is 42.5 Å². The molecule has 1 heterocycles. The van der Waals surface area contributed by atoms with Crippen LogP contribution in [0.15, 0.2) is 54.6 Å². The number of amides is 1. The van der Waals surface area contributed by atoms with Crippen LogP contribution in [0.25, 0.3) is 10.9 Å². The van der Waals surface area contributed by atoms with E-state index >= 15 is 0 Å². The van der Waals surface area contributed by atoms with Gasteiger partial charge in [-0.25, -0.2) is 4.98 Å². The lowest BCUT2D eigenvalue weighted by atomic mass is 10.1. The maximum absolute atomic E-state index is 12.4. The number of carbonyl (C=O) groups is 1. The molecule has 0 spiro atoms. The Kier molecular flexibility index (Phi) is 4.44. The fourth-order valence-electron chi connectivity index (χ4n) is 2.35. The summed E-state index contributed by atoms with van der Waals surface area (Å²) in [7, 11) is 1.58. The van der Waals surface area contributed by atoms with Crippen molar-refractivity contribution < 1.29 is 9.53 Å². The van der Waals surface area contributed by atoms with Crippen molar-refractivity contribution in [1.82, 2.24) is 10.3 Å². The number of carbonyl (C=O) groups excluding carboxylic acids is 1. The highest BCUT2D eigenvalue weighted by Crippen LogP contribution is 2.24. The summed E-state index contributed by atoms with van der Waals surface area (Å²) in [5.41, 5.74) is 1.97. The van der Waals surface area contributed by atoms with Gasteiger partial charge in [-0.15, -0.1) is 0 Å². The predicted molar refractivity (Wildman–Crippen MR) is 90.9 cm³/mol. The van der Waals surface area contributed by atoms with Crippen molar-refractivity contribution in [1.29, 1.82) is 0 Å². The van der Waals surface area contributed by atoms with Gasteiger partial charge in [0.05, 0.1) is 12.6 Å². The Morgan fingerprint density at radius 3 is 2.78 bits per heavy atom. The molecule has 0 bridgehead atoms. The maximum atomic E-state index is 12.4. The van der Waals surface area contributed by atoms with E-state index < -0.39 is 0 Å². The van der Waals surface area contributed by atoms with Crippen molar-refractivity contribution in [3.63, 3.8) is 0 Å². The highest BCUT2D eigenvalue weighted by atomic mass is 35.5. The van der Waals surface area contributed by atoms with Crippen molar-refractivity contribution in [2.45, 2.75) is 6.54 Å². The number of hydrogen-bond donors (Lipinski definition) is 1. The quantitative estimate of drug-likeness (QED) is 0.792. The number of pyridine rings is 1. The van der Waals surface area contributed by atoms with Crippen LogP contribution in [0.2, 0.25) is 5.02 Å². The van der Waals surface area contributed by atoms with E-state index in [0.717, 1.165) is 16.5 Å². The van der Waals surface area contributed by atoms with Crippen LogP contribution in [0.1, 0.15) is 16.1 Å². The minimum atomic E-state index is -0.256. The molecule has 23 heavy (non-hydrogen) atoms. The fourth-order valence-corrected chi connectivity index (χ4v) is 2.56. The molecule has 5 heteroatoms. The Balaban J connectivity index is 1.83. The topological polar surface area (TPSA) is 51.2 Å². The molecule has 1 aromatic heterocycles. The van der Waals surface area contributed by atoms with Crippen molar-refractivity contribution in [3.8, 4) is 5.75 Å². The van der Waals surface area contributed by atoms with E-state index in [1.165, 1.54) is 0 Å². The molecular weight excluding hydrogens is 312 g/mol. The van der Waals surface area contributed by atoms with Gasteiger partial charge in [-0.2, -0.15) is 0 Å². The van der Waals surface area contributed by atoms with Crippen LogP contribution in [0.4, 0.5) is 0 Å². The SMILES string of the molecule is COc1cc(C(=O)NCc2cccc(Cl)c2)nc2ccccc12. The number of rotatable bonds is 4. The van der Waals surface area contributed by atoms with Crippen LogP contribution in [0.5, 0.6) is 5.75 Å². The summed E-state index contributed by atoms with van der Waals surface area (Å²) >= 11 is 5.94. The first kappa shape index (κ1) is 15.3. The van der Waals surface area contributed by atoms with Crippen LogP contribution in [-0.2, 0) is 6.54 Å². The number of hydrogen-bond acceptors (Lipinski definition) is 3. The summed E-state index contributed by atoms with van der Waals surface area (Å²) in [6, 6.07) is 16.6. The third-order valence-corrected chi connectivity index (χ3v) is 3.71. The monoisotopic (exact) mass is 326 g/mol. The van der Waals surface area contributed by atoms with Crippen molar-refractivity contribution in [2.75, 3.05) is 7.11 Å². The smallest absolute Gasteiger partial charge is 0.270 e. The number of fused-ring (bicyclic) bond motifs is 1. The summed E-state index contributed by atoms with van der Waals surface area (Å²) in [5, 5.41) is 4.36. The molecule has 0 aliphatic heterocycles. The van der Waals surface area contributed by atoms with Crippen molar-refractivity contribution in [2.24, 2.45) is 0 Å². The van der Waals surface area contributed by atoms with Crippen LogP contribution in [0, 0.1) is 0 Å². The number of ether oxygens (including phenoxy) is 1. The zero-order valence-electron chi connectivity index (χ0n) is 12.5. The molecule has 0 saturated carbocycles. The van der Waals surface area contributed by atoms with Crippen molar-refractivity contribution in [3.05, 3.63) is 70.9 Å². The van der Waals surface area contributed by atoms with E-state index in [9.17, 15) is 4.79 Å². The predicted octanol–water partition coefficient (Wildman–Crippen LogP) is 3.83. The molecule has 1 amide bonds. The molecule has 0 atom stereocenters. The van der Waals surface area contributed by atoms with Gasteiger partial charge in [0.15, 0.2) is 0 Å². The van der Waals surface area contributed by atoms with Gasteiger partial charge in [-0.1, -0.05) is 35.9 Å². The third kappa shape index (κ3) is 3.43. The largest absolute Gasteiger partial charge is 0.496 e. The van der Waals surface area contributed by atoms with Crippen molar-refractivity contribution >= 4 is 28.4 Å². The van der Waals surface area contributed by atoms with E-state index in [2.05, 4.69) is 10.3 Å². The summed E-state index contributed by atoms with van der Waals surface area (Å²) in [6.45, 7) is 0.385. The molecule has 0 aliphatic carbocycles. The number of aromatic nitrogens is 1. The molecule has 0 radical (unpaired) electrons. The lowest BCUT2D eigenvalue weighted by molar-refractivity contribution is 0.0946. The normalized spacial score (nSPS) is 10.5. The Hall–Kier alpha value is -2.59. The highest BCUT2D eigenvalue weighted by molar-refractivity contribution is 6.30. The van der Waals surface area contributed by atoms with Crippen LogP contribution in [0.3, 0.4) is 0 Å². The first-order valence-electron chi connectivity index (χ1n) is 7.14. The number of para-hydroxylation sites is 1. The summed E-state index contributed by atoms with van der Waals surface area (Å²) in [6.07, 6.45) is 0. The maximum Gasteiger partial charge on any atom is 0.270 e. The van der Waals surface area contributed by atoms with Gasteiger partial charge < -0.3 is 10.1 Å². The molecule has 3 aromatic rings. The molecule has 0 unspecified atom stereocenters. The van der Waals surface area contributed by atoms with E-state index in [4.69, 9.17) is 16.3 Å². The van der Waals surface area contributed by atoms with Crippen LogP contribution in [-0.4, -0.2) is 18.0 Å². The van der Waals surface area contributed by atoms with E-state index in [-0.39, 0.29) is 5.91 Å². The number of nitrogens with one attached hydrogen (secondary N) is 1. The molecule has 1 N–H and O–H groups in total. The van der Waals surface area contributed by atoms with Gasteiger partial charge >= 0.3 is 0 Å². The lowest BCUT2D eigenvalue weighted by Gasteiger charge is -2.09. The van der Waals surface area contributed by atoms with E-state index in [1.54, 1.807) is 19.2 Å². The highest BCUT2D eigenvalue weighted by Gasteiger charge is 2.12. The molecule has 3 rings (SSSR count). The summed E-state index contributed by atoms with van der Waals surface area (Å²) < 4.78 is 5.36. The second-order valence-electron chi connectivity index (χ2n) is 5.04. The second kappa shape index (κ2) is 6.67. The molecule has 2 aromatic carbocycles. The first-order valence-corrected chi connectivity index (χ1v) is 7.51. The average molecular weight is 327 g/mol. The van der Waals surface area contributed by atoms with Crippen LogP contribution >= 0.6 is 11.6 Å². The third-order valence-electron chi connectivity index (χ3n) is 3.47. The standard InChI is InChI=1S/C18H15ClN2O2/c1-23-17-10-16(21-15-8-3-2-7-14(15)17)18(22)20-11-12-5-4-6-13(19)9-12/h2-10H,11H2,1H3,(H,20,22). The van der Waals surface area contributed by atoms with Gasteiger partial charge in [0.1, 0.15) is 11.4 Å². The Morgan fingerprint density at radius 1 is 1.17 bits per heavy atom. The minimum absolute atomic E-state index is 0.256. The van der Waals surface area contributed by atoms with Gasteiger partial charge in [0.2, 0.25) is 0 Å². The van der Waals surface area contributed by atoms with Gasteiger partial charge in [0.25, 0.3) is 5.91 Å². The number of nitrogens with zero attached hydrogens (tertiary/aromatic N) is 1. The fraction of sp³-hybridized carbons (Fsp3) is 0.111. The lowest BCUT2D eigenvalue weighted by Crippen LogP contribution is -2.23. The molecule has 0 fully saturated rings. The molecule has 0 aliphatic rings. The summed E-state index contributed by atoms with van der Waals surface area (Å²) in [5.74, 6) is 0.373. The number of methoxy groups -OCH3 is 1.